The van der Waals surface area contributed by atoms with Crippen molar-refractivity contribution in [2.24, 2.45) is 0 Å². The van der Waals surface area contributed by atoms with Crippen molar-refractivity contribution in [1.82, 2.24) is 19.7 Å². The Bertz CT molecular complexity index is 649. The Morgan fingerprint density at radius 2 is 2.00 bits per heavy atom. The maximum absolute atomic E-state index is 12.6. The van der Waals surface area contributed by atoms with Crippen LogP contribution in [0.3, 0.4) is 0 Å². The van der Waals surface area contributed by atoms with Crippen LogP contribution in [0.5, 0.6) is 0 Å². The number of hydrogen-bond donors (Lipinski definition) is 1. The minimum Gasteiger partial charge on any atom is -0.385 e. The van der Waals surface area contributed by atoms with Crippen molar-refractivity contribution in [3.63, 3.8) is 0 Å². The van der Waals surface area contributed by atoms with Gasteiger partial charge in [0.2, 0.25) is 0 Å². The lowest BCUT2D eigenvalue weighted by Crippen LogP contribution is -2.20. The predicted octanol–water partition coefficient (Wildman–Crippen LogP) is 2.57. The predicted molar refractivity (Wildman–Crippen MR) is 69.4 cm³/mol. The number of aliphatic hydroxyl groups is 1. The molecule has 0 saturated heterocycles. The molecule has 5 nitrogen and oxygen atoms in total. The van der Waals surface area contributed by atoms with Crippen molar-refractivity contribution in [3.8, 4) is 11.4 Å². The zero-order chi connectivity index (χ0) is 15.8. The molecule has 0 bridgehead atoms. The second-order valence-corrected chi connectivity index (χ2v) is 4.88. The highest BCUT2D eigenvalue weighted by atomic mass is 19.4. The van der Waals surface area contributed by atoms with E-state index in [9.17, 15) is 18.3 Å². The Labute approximate surface area is 119 Å². The second-order valence-electron chi connectivity index (χ2n) is 4.88. The van der Waals surface area contributed by atoms with E-state index in [2.05, 4.69) is 15.1 Å². The van der Waals surface area contributed by atoms with E-state index in [-0.39, 0.29) is 11.6 Å². The molecule has 0 aliphatic rings. The summed E-state index contributed by atoms with van der Waals surface area (Å²) in [6.45, 7) is 3.68. The highest BCUT2D eigenvalue weighted by Crippen LogP contribution is 2.26. The van der Waals surface area contributed by atoms with E-state index in [4.69, 9.17) is 0 Å². The zero-order valence-corrected chi connectivity index (χ0v) is 11.8. The molecular weight excluding hydrogens is 285 g/mol. The van der Waals surface area contributed by atoms with E-state index in [1.165, 1.54) is 13.1 Å². The lowest BCUT2D eigenvalue weighted by Gasteiger charge is -2.10. The maximum atomic E-state index is 12.6. The number of rotatable bonds is 3. The molecule has 1 N–H and O–H groups in total. The SMILES string of the molecule is Cc1cc(C)c(-c2nc(C(C)O)nn2CC(F)(F)F)cn1. The number of hydrogen-bond acceptors (Lipinski definition) is 4. The number of aliphatic hydroxyl groups excluding tert-OH is 1. The molecule has 2 heterocycles. The van der Waals surface area contributed by atoms with Crippen molar-refractivity contribution >= 4 is 0 Å². The van der Waals surface area contributed by atoms with Crippen molar-refractivity contribution in [2.75, 3.05) is 0 Å². The summed E-state index contributed by atoms with van der Waals surface area (Å²) in [7, 11) is 0. The van der Waals surface area contributed by atoms with Gasteiger partial charge < -0.3 is 5.11 Å². The van der Waals surface area contributed by atoms with E-state index >= 15 is 0 Å². The monoisotopic (exact) mass is 300 g/mol. The first-order valence-corrected chi connectivity index (χ1v) is 6.30. The number of alkyl halides is 3. The third kappa shape index (κ3) is 3.57. The van der Waals surface area contributed by atoms with E-state index in [1.54, 1.807) is 19.9 Å². The summed E-state index contributed by atoms with van der Waals surface area (Å²) < 4.78 is 38.7. The van der Waals surface area contributed by atoms with Gasteiger partial charge in [0.05, 0.1) is 0 Å². The van der Waals surface area contributed by atoms with Gasteiger partial charge in [-0.15, -0.1) is 0 Å². The van der Waals surface area contributed by atoms with Gasteiger partial charge in [0, 0.05) is 17.5 Å². The van der Waals surface area contributed by atoms with Crippen molar-refractivity contribution in [1.29, 1.82) is 0 Å². The molecule has 0 fully saturated rings. The van der Waals surface area contributed by atoms with Crippen molar-refractivity contribution in [2.45, 2.75) is 39.6 Å². The highest BCUT2D eigenvalue weighted by Gasteiger charge is 2.31. The molecule has 1 atom stereocenters. The van der Waals surface area contributed by atoms with Crippen LogP contribution in [-0.4, -0.2) is 31.0 Å². The summed E-state index contributed by atoms with van der Waals surface area (Å²) >= 11 is 0. The van der Waals surface area contributed by atoms with Crippen LogP contribution in [-0.2, 0) is 6.54 Å². The Kier molecular flexibility index (Phi) is 3.99. The molecule has 0 aliphatic heterocycles. The molecule has 2 rings (SSSR count). The topological polar surface area (TPSA) is 63.8 Å². The molecule has 0 spiro atoms. The third-order valence-electron chi connectivity index (χ3n) is 2.88. The largest absolute Gasteiger partial charge is 0.408 e. The summed E-state index contributed by atoms with van der Waals surface area (Å²) in [4.78, 5) is 8.10. The van der Waals surface area contributed by atoms with Crippen molar-refractivity contribution < 1.29 is 18.3 Å². The standard InChI is InChI=1S/C13H15F3N4O/c1-7-4-8(2)17-5-10(7)12-18-11(9(3)21)19-20(12)6-13(14,15)16/h4-5,9,21H,6H2,1-3H3. The van der Waals surface area contributed by atoms with Gasteiger partial charge in [0.25, 0.3) is 0 Å². The van der Waals surface area contributed by atoms with Crippen LogP contribution in [0.15, 0.2) is 12.3 Å². The van der Waals surface area contributed by atoms with Gasteiger partial charge in [-0.05, 0) is 32.4 Å². The van der Waals surface area contributed by atoms with Crippen molar-refractivity contribution in [3.05, 3.63) is 29.3 Å². The summed E-state index contributed by atoms with van der Waals surface area (Å²) in [5, 5.41) is 13.2. The number of halogens is 3. The van der Waals surface area contributed by atoms with Crippen LogP contribution in [0, 0.1) is 13.8 Å². The fourth-order valence-electron chi connectivity index (χ4n) is 1.95. The number of aromatic nitrogens is 4. The van der Waals surface area contributed by atoms with E-state index in [0.29, 0.717) is 5.56 Å². The lowest BCUT2D eigenvalue weighted by molar-refractivity contribution is -0.142. The minimum atomic E-state index is -4.43. The summed E-state index contributed by atoms with van der Waals surface area (Å²) in [5.74, 6) is 0.00227. The lowest BCUT2D eigenvalue weighted by atomic mass is 10.1. The Morgan fingerprint density at radius 3 is 2.52 bits per heavy atom. The molecule has 0 amide bonds. The van der Waals surface area contributed by atoms with Crippen LogP contribution in [0.1, 0.15) is 30.1 Å². The average Bonchev–Trinajstić information content (AvgIpc) is 2.70. The molecule has 1 unspecified atom stereocenters. The summed E-state index contributed by atoms with van der Waals surface area (Å²) in [6, 6.07) is 1.75. The maximum Gasteiger partial charge on any atom is 0.408 e. The van der Waals surface area contributed by atoms with Gasteiger partial charge in [0.1, 0.15) is 12.6 Å². The van der Waals surface area contributed by atoms with Crippen LogP contribution < -0.4 is 0 Å². The summed E-state index contributed by atoms with van der Waals surface area (Å²) in [5.41, 5.74) is 1.97. The average molecular weight is 300 g/mol. The smallest absolute Gasteiger partial charge is 0.385 e. The van der Waals surface area contributed by atoms with Gasteiger partial charge in [-0.2, -0.15) is 18.3 Å². The van der Waals surface area contributed by atoms with Gasteiger partial charge in [0.15, 0.2) is 11.6 Å². The first-order valence-electron chi connectivity index (χ1n) is 6.30. The van der Waals surface area contributed by atoms with Gasteiger partial charge in [-0.25, -0.2) is 9.67 Å². The summed E-state index contributed by atoms with van der Waals surface area (Å²) in [6.07, 6.45) is -4.00. The number of aryl methyl sites for hydroxylation is 2. The molecule has 0 radical (unpaired) electrons. The molecule has 8 heteroatoms. The normalized spacial score (nSPS) is 13.5. The minimum absolute atomic E-state index is 0.0470. The Morgan fingerprint density at radius 1 is 1.33 bits per heavy atom. The number of pyridine rings is 1. The van der Waals surface area contributed by atoms with Gasteiger partial charge >= 0.3 is 6.18 Å². The first kappa shape index (κ1) is 15.4. The fourth-order valence-corrected chi connectivity index (χ4v) is 1.95. The third-order valence-corrected chi connectivity index (χ3v) is 2.88. The van der Waals surface area contributed by atoms with E-state index in [0.717, 1.165) is 15.9 Å². The van der Waals surface area contributed by atoms with Crippen LogP contribution in [0.2, 0.25) is 0 Å². The Balaban J connectivity index is 2.55. The van der Waals surface area contributed by atoms with E-state index in [1.807, 2.05) is 0 Å². The first-order chi connectivity index (χ1) is 9.67. The highest BCUT2D eigenvalue weighted by molar-refractivity contribution is 5.59. The molecule has 0 aliphatic carbocycles. The molecule has 2 aromatic heterocycles. The van der Waals surface area contributed by atoms with Crippen LogP contribution in [0.4, 0.5) is 13.2 Å². The van der Waals surface area contributed by atoms with E-state index < -0.39 is 18.8 Å². The second kappa shape index (κ2) is 5.44. The van der Waals surface area contributed by atoms with Gasteiger partial charge in [-0.3, -0.25) is 4.98 Å². The van der Waals surface area contributed by atoms with Crippen LogP contribution in [0.25, 0.3) is 11.4 Å². The zero-order valence-electron chi connectivity index (χ0n) is 11.8. The molecule has 21 heavy (non-hydrogen) atoms. The number of nitrogens with zero attached hydrogens (tertiary/aromatic N) is 4. The van der Waals surface area contributed by atoms with Gasteiger partial charge in [-0.1, -0.05) is 0 Å². The molecule has 0 saturated carbocycles. The molecule has 2 aromatic rings. The molecule has 114 valence electrons. The Hall–Kier alpha value is -1.96. The fraction of sp³-hybridized carbons (Fsp3) is 0.462. The molecule has 0 aromatic carbocycles. The quantitative estimate of drug-likeness (QED) is 0.946. The van der Waals surface area contributed by atoms with Crippen LogP contribution >= 0.6 is 0 Å². The molecular formula is C13H15F3N4O.